The maximum Gasteiger partial charge on any atom is 0.334 e. The van der Waals surface area contributed by atoms with Crippen molar-refractivity contribution in [2.75, 3.05) is 0 Å². The zero-order valence-electron chi connectivity index (χ0n) is 11.3. The Labute approximate surface area is 112 Å². The summed E-state index contributed by atoms with van der Waals surface area (Å²) in [6, 6.07) is 0. The summed E-state index contributed by atoms with van der Waals surface area (Å²) < 4.78 is 5.45. The van der Waals surface area contributed by atoms with Crippen molar-refractivity contribution in [1.82, 2.24) is 0 Å². The first kappa shape index (κ1) is 12.9. The molecule has 0 spiro atoms. The minimum absolute atomic E-state index is 0.0317. The molecule has 104 valence electrons. The quantitative estimate of drug-likeness (QED) is 0.392. The fourth-order valence-corrected chi connectivity index (χ4v) is 4.21. The van der Waals surface area contributed by atoms with Crippen LogP contribution in [0.5, 0.6) is 0 Å². The number of aliphatic hydroxyl groups excluding tert-OH is 1. The largest absolute Gasteiger partial charge is 0.458 e. The first-order valence-electron chi connectivity index (χ1n) is 6.77. The minimum atomic E-state index is -1.08. The Morgan fingerprint density at radius 1 is 1.47 bits per heavy atom. The van der Waals surface area contributed by atoms with Gasteiger partial charge < -0.3 is 14.9 Å². The molecule has 6 unspecified atom stereocenters. The molecule has 1 aliphatic heterocycles. The highest BCUT2D eigenvalue weighted by molar-refractivity contribution is 5.91. The molecule has 0 amide bonds. The third-order valence-electron chi connectivity index (χ3n) is 5.30. The lowest BCUT2D eigenvalue weighted by atomic mass is 9.53. The van der Waals surface area contributed by atoms with Crippen LogP contribution in [0.4, 0.5) is 0 Å². The van der Waals surface area contributed by atoms with Crippen molar-refractivity contribution >= 4 is 5.97 Å². The summed E-state index contributed by atoms with van der Waals surface area (Å²) >= 11 is 0. The van der Waals surface area contributed by atoms with Crippen LogP contribution in [0.15, 0.2) is 24.3 Å². The van der Waals surface area contributed by atoms with Gasteiger partial charge in [-0.2, -0.15) is 0 Å². The van der Waals surface area contributed by atoms with E-state index in [-0.39, 0.29) is 23.9 Å². The van der Waals surface area contributed by atoms with Crippen LogP contribution in [0.2, 0.25) is 0 Å². The van der Waals surface area contributed by atoms with Crippen molar-refractivity contribution in [2.24, 2.45) is 17.3 Å². The molecular weight excluding hydrogens is 244 g/mol. The van der Waals surface area contributed by atoms with E-state index < -0.39 is 17.1 Å². The predicted octanol–water partition coefficient (Wildman–Crippen LogP) is 1.18. The van der Waals surface area contributed by atoms with Crippen molar-refractivity contribution in [2.45, 2.75) is 44.5 Å². The first-order valence-corrected chi connectivity index (χ1v) is 6.77. The maximum atomic E-state index is 11.7. The average molecular weight is 264 g/mol. The molecule has 0 aromatic rings. The molecule has 3 rings (SSSR count). The molecule has 4 heteroatoms. The Hall–Kier alpha value is -1.13. The molecule has 0 aromatic carbocycles. The van der Waals surface area contributed by atoms with Gasteiger partial charge in [0.15, 0.2) is 0 Å². The summed E-state index contributed by atoms with van der Waals surface area (Å²) in [5.74, 6) is -0.697. The Morgan fingerprint density at radius 2 is 2.16 bits per heavy atom. The second kappa shape index (κ2) is 3.70. The smallest absolute Gasteiger partial charge is 0.334 e. The molecule has 2 fully saturated rings. The molecule has 0 aromatic heterocycles. The zero-order chi connectivity index (χ0) is 14.0. The van der Waals surface area contributed by atoms with Gasteiger partial charge in [0.2, 0.25) is 0 Å². The maximum absolute atomic E-state index is 11.7. The molecule has 1 heterocycles. The number of hydrogen-bond acceptors (Lipinski definition) is 4. The van der Waals surface area contributed by atoms with E-state index in [1.165, 1.54) is 0 Å². The van der Waals surface area contributed by atoms with E-state index in [1.54, 1.807) is 19.1 Å². The van der Waals surface area contributed by atoms with Gasteiger partial charge in [-0.25, -0.2) is 4.79 Å². The van der Waals surface area contributed by atoms with Crippen LogP contribution in [0.25, 0.3) is 0 Å². The SMILES string of the molecule is C=C1C(=O)OC2C1CCC1(C)C(O)C=CC(C)(O)C21. The molecule has 4 nitrogen and oxygen atoms in total. The number of aliphatic hydroxyl groups is 2. The third-order valence-corrected chi connectivity index (χ3v) is 5.30. The fraction of sp³-hybridized carbons (Fsp3) is 0.667. The lowest BCUT2D eigenvalue weighted by molar-refractivity contribution is -0.175. The molecule has 0 radical (unpaired) electrons. The van der Waals surface area contributed by atoms with Crippen LogP contribution < -0.4 is 0 Å². The molecule has 1 saturated carbocycles. The number of carbonyl (C=O) groups is 1. The Bertz CT molecular complexity index is 479. The number of carbonyl (C=O) groups excluding carboxylic acids is 1. The number of ether oxygens (including phenoxy) is 1. The van der Waals surface area contributed by atoms with Gasteiger partial charge in [-0.05, 0) is 19.8 Å². The van der Waals surface area contributed by atoms with Crippen LogP contribution in [0, 0.1) is 17.3 Å². The van der Waals surface area contributed by atoms with Crippen molar-refractivity contribution in [3.63, 3.8) is 0 Å². The Balaban J connectivity index is 2.07. The summed E-state index contributed by atoms with van der Waals surface area (Å²) in [6.45, 7) is 7.49. The highest BCUT2D eigenvalue weighted by Gasteiger charge is 2.61. The van der Waals surface area contributed by atoms with E-state index in [4.69, 9.17) is 4.74 Å². The summed E-state index contributed by atoms with van der Waals surface area (Å²) in [7, 11) is 0. The molecule has 19 heavy (non-hydrogen) atoms. The van der Waals surface area contributed by atoms with Crippen molar-refractivity contribution in [3.8, 4) is 0 Å². The van der Waals surface area contributed by atoms with Crippen LogP contribution in [0.3, 0.4) is 0 Å². The molecule has 0 bridgehead atoms. The van der Waals surface area contributed by atoms with Gasteiger partial charge in [0, 0.05) is 22.8 Å². The minimum Gasteiger partial charge on any atom is -0.458 e. The van der Waals surface area contributed by atoms with E-state index in [0.29, 0.717) is 5.57 Å². The Morgan fingerprint density at radius 3 is 2.84 bits per heavy atom. The number of hydrogen-bond donors (Lipinski definition) is 2. The first-order chi connectivity index (χ1) is 8.77. The number of rotatable bonds is 0. The summed E-state index contributed by atoms with van der Waals surface area (Å²) in [5.41, 5.74) is -1.04. The molecular formula is C15H20O4. The highest BCUT2D eigenvalue weighted by Crippen LogP contribution is 2.57. The van der Waals surface area contributed by atoms with Crippen LogP contribution >= 0.6 is 0 Å². The van der Waals surface area contributed by atoms with E-state index in [1.807, 2.05) is 6.92 Å². The summed E-state index contributed by atoms with van der Waals surface area (Å²) in [4.78, 5) is 11.7. The van der Waals surface area contributed by atoms with Crippen LogP contribution in [-0.4, -0.2) is 34.0 Å². The van der Waals surface area contributed by atoms with Crippen molar-refractivity contribution in [1.29, 1.82) is 0 Å². The molecule has 2 aliphatic carbocycles. The predicted molar refractivity (Wildman–Crippen MR) is 69.1 cm³/mol. The molecule has 2 N–H and O–H groups in total. The van der Waals surface area contributed by atoms with Crippen molar-refractivity contribution < 1.29 is 19.7 Å². The molecule has 3 aliphatic rings. The van der Waals surface area contributed by atoms with Gasteiger partial charge >= 0.3 is 5.97 Å². The van der Waals surface area contributed by atoms with E-state index >= 15 is 0 Å². The zero-order valence-corrected chi connectivity index (χ0v) is 11.3. The lowest BCUT2D eigenvalue weighted by Crippen LogP contribution is -2.60. The molecule has 1 saturated heterocycles. The summed E-state index contributed by atoms with van der Waals surface area (Å²) in [6.07, 6.45) is 3.79. The Kier molecular flexibility index (Phi) is 2.51. The van der Waals surface area contributed by atoms with Crippen LogP contribution in [-0.2, 0) is 9.53 Å². The van der Waals surface area contributed by atoms with E-state index in [2.05, 4.69) is 6.58 Å². The van der Waals surface area contributed by atoms with E-state index in [9.17, 15) is 15.0 Å². The van der Waals surface area contributed by atoms with Gasteiger partial charge in [0.1, 0.15) is 6.10 Å². The second-order valence-corrected chi connectivity index (χ2v) is 6.55. The number of fused-ring (bicyclic) bond motifs is 3. The van der Waals surface area contributed by atoms with Crippen LogP contribution in [0.1, 0.15) is 26.7 Å². The topological polar surface area (TPSA) is 66.8 Å². The number of esters is 1. The van der Waals surface area contributed by atoms with Gasteiger partial charge in [-0.3, -0.25) is 0 Å². The van der Waals surface area contributed by atoms with Gasteiger partial charge in [0.05, 0.1) is 11.7 Å². The van der Waals surface area contributed by atoms with Crippen molar-refractivity contribution in [3.05, 3.63) is 24.3 Å². The molecule has 6 atom stereocenters. The van der Waals surface area contributed by atoms with Gasteiger partial charge in [-0.15, -0.1) is 0 Å². The third kappa shape index (κ3) is 1.56. The van der Waals surface area contributed by atoms with Gasteiger partial charge in [0.25, 0.3) is 0 Å². The standard InChI is InChI=1S/C15H20O4/c1-8-9-4-6-14(2)10(16)5-7-15(3,18)12(14)11(9)19-13(8)17/h5,7,9-12,16,18H,1,4,6H2,2-3H3. The monoisotopic (exact) mass is 264 g/mol. The second-order valence-electron chi connectivity index (χ2n) is 6.55. The fourth-order valence-electron chi connectivity index (χ4n) is 4.21. The van der Waals surface area contributed by atoms with E-state index in [0.717, 1.165) is 12.8 Å². The summed E-state index contributed by atoms with van der Waals surface area (Å²) in [5, 5.41) is 20.9. The highest BCUT2D eigenvalue weighted by atomic mass is 16.6. The average Bonchev–Trinajstić information content (AvgIpc) is 2.60. The van der Waals surface area contributed by atoms with Gasteiger partial charge in [-0.1, -0.05) is 25.7 Å². The normalized spacial score (nSPS) is 52.6. The lowest BCUT2D eigenvalue weighted by Gasteiger charge is -2.54.